The molecule has 1 aliphatic rings. The number of rotatable bonds is 2. The zero-order valence-corrected chi connectivity index (χ0v) is 18.4. The molecule has 3 aromatic rings. The van der Waals surface area contributed by atoms with Gasteiger partial charge in [0.15, 0.2) is 0 Å². The van der Waals surface area contributed by atoms with Crippen LogP contribution in [0.2, 0.25) is 0 Å². The lowest BCUT2D eigenvalue weighted by atomic mass is 10.1. The minimum Gasteiger partial charge on any atom is -0.444 e. The van der Waals surface area contributed by atoms with Gasteiger partial charge >= 0.3 is 6.09 Å². The first-order valence-corrected chi connectivity index (χ1v) is 10.6. The van der Waals surface area contributed by atoms with Crippen molar-refractivity contribution in [2.45, 2.75) is 32.8 Å². The number of carbonyl (C=O) groups excluding carboxylic acids is 2. The van der Waals surface area contributed by atoms with Gasteiger partial charge in [0.2, 0.25) is 5.91 Å². The number of nitrogens with zero attached hydrogens (tertiary/aromatic N) is 2. The first kappa shape index (κ1) is 21.4. The van der Waals surface area contributed by atoms with E-state index in [0.717, 1.165) is 22.2 Å². The second-order valence-corrected chi connectivity index (χ2v) is 8.86. The number of imidazole rings is 1. The number of anilines is 1. The molecule has 0 bridgehead atoms. The summed E-state index contributed by atoms with van der Waals surface area (Å²) in [4.78, 5) is 33.7. The van der Waals surface area contributed by atoms with E-state index in [1.807, 2.05) is 63.2 Å². The summed E-state index contributed by atoms with van der Waals surface area (Å²) in [5, 5.41) is 2.93. The molecule has 1 aromatic heterocycles. The van der Waals surface area contributed by atoms with Crippen LogP contribution in [0.5, 0.6) is 0 Å². The van der Waals surface area contributed by atoms with Gasteiger partial charge in [-0.1, -0.05) is 11.8 Å². The summed E-state index contributed by atoms with van der Waals surface area (Å²) in [6, 6.07) is 13.2. The number of carbonyl (C=O) groups is 2. The Kier molecular flexibility index (Phi) is 5.87. The van der Waals surface area contributed by atoms with Crippen molar-refractivity contribution in [1.29, 1.82) is 0 Å². The van der Waals surface area contributed by atoms with Crippen molar-refractivity contribution in [2.75, 3.05) is 18.4 Å². The Balaban J connectivity index is 1.33. The lowest BCUT2D eigenvalue weighted by Crippen LogP contribution is -2.36. The van der Waals surface area contributed by atoms with E-state index in [1.165, 1.54) is 0 Å². The van der Waals surface area contributed by atoms with Crippen molar-refractivity contribution >= 4 is 28.7 Å². The summed E-state index contributed by atoms with van der Waals surface area (Å²) < 4.78 is 5.39. The van der Waals surface area contributed by atoms with Crippen LogP contribution in [0.3, 0.4) is 0 Å². The number of nitrogens with one attached hydrogen (secondary N) is 2. The fourth-order valence-corrected chi connectivity index (χ4v) is 3.51. The maximum absolute atomic E-state index is 12.6. The number of benzene rings is 2. The quantitative estimate of drug-likeness (QED) is 0.598. The summed E-state index contributed by atoms with van der Waals surface area (Å²) in [5.74, 6) is 5.93. The molecular weight excluding hydrogens is 404 g/mol. The van der Waals surface area contributed by atoms with E-state index < -0.39 is 5.60 Å². The van der Waals surface area contributed by atoms with Gasteiger partial charge < -0.3 is 19.9 Å². The van der Waals surface area contributed by atoms with E-state index in [4.69, 9.17) is 4.74 Å². The largest absolute Gasteiger partial charge is 0.444 e. The molecule has 0 radical (unpaired) electrons. The van der Waals surface area contributed by atoms with Crippen molar-refractivity contribution < 1.29 is 14.3 Å². The highest BCUT2D eigenvalue weighted by atomic mass is 16.6. The Morgan fingerprint density at radius 1 is 1.12 bits per heavy atom. The Labute approximate surface area is 187 Å². The minimum absolute atomic E-state index is 0.0947. The van der Waals surface area contributed by atoms with Gasteiger partial charge in [-0.2, -0.15) is 0 Å². The van der Waals surface area contributed by atoms with Crippen LogP contribution in [0.25, 0.3) is 11.0 Å². The van der Waals surface area contributed by atoms with Crippen LogP contribution >= 0.6 is 0 Å². The predicted molar refractivity (Wildman–Crippen MR) is 123 cm³/mol. The molecule has 7 nitrogen and oxygen atoms in total. The normalized spacial score (nSPS) is 15.8. The van der Waals surface area contributed by atoms with Crippen LogP contribution in [-0.2, 0) is 9.53 Å². The fourth-order valence-electron chi connectivity index (χ4n) is 3.51. The van der Waals surface area contributed by atoms with Gasteiger partial charge in [-0.3, -0.25) is 4.79 Å². The third-order valence-corrected chi connectivity index (χ3v) is 5.13. The highest BCUT2D eigenvalue weighted by Gasteiger charge is 2.33. The first-order valence-electron chi connectivity index (χ1n) is 10.6. The average Bonchev–Trinajstić information content (AvgIpc) is 3.41. The molecule has 2 aromatic carbocycles. The average molecular weight is 431 g/mol. The molecule has 32 heavy (non-hydrogen) atoms. The van der Waals surface area contributed by atoms with E-state index in [1.54, 1.807) is 11.2 Å². The van der Waals surface area contributed by atoms with Gasteiger partial charge in [0.1, 0.15) is 5.60 Å². The van der Waals surface area contributed by atoms with Gasteiger partial charge in [0.05, 0.1) is 23.3 Å². The molecule has 0 aliphatic carbocycles. The van der Waals surface area contributed by atoms with Gasteiger partial charge in [0, 0.05) is 29.9 Å². The van der Waals surface area contributed by atoms with Crippen LogP contribution in [0, 0.1) is 17.8 Å². The Hall–Kier alpha value is -3.79. The molecular formula is C25H26N4O3. The summed E-state index contributed by atoms with van der Waals surface area (Å²) in [7, 11) is 0. The maximum Gasteiger partial charge on any atom is 0.410 e. The van der Waals surface area contributed by atoms with Crippen molar-refractivity contribution in [3.05, 3.63) is 59.9 Å². The van der Waals surface area contributed by atoms with E-state index in [0.29, 0.717) is 25.2 Å². The molecule has 1 saturated heterocycles. The van der Waals surface area contributed by atoms with E-state index in [2.05, 4.69) is 27.1 Å². The van der Waals surface area contributed by atoms with E-state index >= 15 is 0 Å². The molecule has 7 heteroatoms. The van der Waals surface area contributed by atoms with E-state index in [9.17, 15) is 9.59 Å². The monoisotopic (exact) mass is 430 g/mol. The summed E-state index contributed by atoms with van der Waals surface area (Å²) in [5.41, 5.74) is 3.77. The Morgan fingerprint density at radius 2 is 1.84 bits per heavy atom. The Bertz CT molecular complexity index is 1200. The number of likely N-dealkylation sites (tertiary alicyclic amines) is 1. The number of hydrogen-bond donors (Lipinski definition) is 2. The smallest absolute Gasteiger partial charge is 0.410 e. The number of H-pyrrole nitrogens is 1. The number of fused-ring (bicyclic) bond motifs is 1. The molecule has 2 N–H and O–H groups in total. The second kappa shape index (κ2) is 8.75. The predicted octanol–water partition coefficient (Wildman–Crippen LogP) is 4.16. The molecule has 4 rings (SSSR count). The summed E-state index contributed by atoms with van der Waals surface area (Å²) >= 11 is 0. The Morgan fingerprint density at radius 3 is 2.59 bits per heavy atom. The van der Waals surface area contributed by atoms with Crippen molar-refractivity contribution in [2.24, 2.45) is 5.92 Å². The van der Waals surface area contributed by atoms with Crippen LogP contribution in [0.15, 0.2) is 48.8 Å². The molecule has 2 amide bonds. The van der Waals surface area contributed by atoms with E-state index in [-0.39, 0.29) is 17.9 Å². The zero-order valence-electron chi connectivity index (χ0n) is 18.4. The number of aromatic nitrogens is 2. The topological polar surface area (TPSA) is 87.3 Å². The molecule has 1 atom stereocenters. The van der Waals surface area contributed by atoms with Gasteiger partial charge in [-0.15, -0.1) is 0 Å². The third-order valence-electron chi connectivity index (χ3n) is 5.13. The molecule has 2 heterocycles. The highest BCUT2D eigenvalue weighted by molar-refractivity contribution is 5.93. The van der Waals surface area contributed by atoms with Crippen LogP contribution in [0.4, 0.5) is 10.5 Å². The fraction of sp³-hybridized carbons (Fsp3) is 0.320. The lowest BCUT2D eigenvalue weighted by molar-refractivity contribution is -0.119. The van der Waals surface area contributed by atoms with Crippen molar-refractivity contribution in [3.63, 3.8) is 0 Å². The van der Waals surface area contributed by atoms with Crippen LogP contribution < -0.4 is 5.32 Å². The number of aromatic amines is 1. The van der Waals surface area contributed by atoms with Crippen molar-refractivity contribution in [1.82, 2.24) is 14.9 Å². The standard InChI is InChI=1S/C25H26N4O3/c1-25(2,3)32-24(31)29-13-12-19(15-29)23(30)28-20-9-6-17(7-10-20)4-5-18-8-11-21-22(14-18)27-16-26-21/h6-11,14,16,19H,12-13,15H2,1-3H3,(H,26,27)(H,28,30). The van der Waals surface area contributed by atoms with Gasteiger partial charge in [-0.25, -0.2) is 9.78 Å². The molecule has 1 fully saturated rings. The number of ether oxygens (including phenoxy) is 1. The zero-order chi connectivity index (χ0) is 22.7. The summed E-state index contributed by atoms with van der Waals surface area (Å²) in [6.45, 7) is 6.38. The van der Waals surface area contributed by atoms with Crippen LogP contribution in [0.1, 0.15) is 38.3 Å². The van der Waals surface area contributed by atoms with Crippen LogP contribution in [-0.4, -0.2) is 45.6 Å². The molecule has 164 valence electrons. The SMILES string of the molecule is CC(C)(C)OC(=O)N1CCC(C(=O)Nc2ccc(C#Cc3ccc4nc[nH]c4c3)cc2)C1. The number of amides is 2. The molecule has 1 unspecified atom stereocenters. The highest BCUT2D eigenvalue weighted by Crippen LogP contribution is 2.21. The molecule has 1 aliphatic heterocycles. The van der Waals surface area contributed by atoms with Crippen molar-refractivity contribution in [3.8, 4) is 11.8 Å². The lowest BCUT2D eigenvalue weighted by Gasteiger charge is -2.24. The number of hydrogen-bond acceptors (Lipinski definition) is 4. The third kappa shape index (κ3) is 5.27. The van der Waals surface area contributed by atoms with Gasteiger partial charge in [-0.05, 0) is 69.7 Å². The maximum atomic E-state index is 12.6. The second-order valence-electron chi connectivity index (χ2n) is 8.86. The van der Waals surface area contributed by atoms with Gasteiger partial charge in [0.25, 0.3) is 0 Å². The molecule has 0 saturated carbocycles. The first-order chi connectivity index (χ1) is 15.3. The molecule has 0 spiro atoms. The summed E-state index contributed by atoms with van der Waals surface area (Å²) in [6.07, 6.45) is 1.91. The minimum atomic E-state index is -0.548.